The molecule has 2 aliphatic rings. The maximum absolute atomic E-state index is 6.44. The molecule has 1 unspecified atom stereocenters. The highest BCUT2D eigenvalue weighted by Crippen LogP contribution is 2.36. The van der Waals surface area contributed by atoms with Crippen LogP contribution in [0.15, 0.2) is 18.2 Å². The summed E-state index contributed by atoms with van der Waals surface area (Å²) in [4.78, 5) is 2.32. The Morgan fingerprint density at radius 2 is 1.86 bits per heavy atom. The third-order valence-corrected chi connectivity index (χ3v) is 4.63. The van der Waals surface area contributed by atoms with Gasteiger partial charge in [-0.15, -0.1) is 0 Å². The van der Waals surface area contributed by atoms with E-state index < -0.39 is 0 Å². The largest absolute Gasteiger partial charge is 0.347 e. The van der Waals surface area contributed by atoms with Crippen LogP contribution < -0.4 is 5.01 Å². The van der Waals surface area contributed by atoms with Gasteiger partial charge in [0.2, 0.25) is 0 Å². The van der Waals surface area contributed by atoms with Gasteiger partial charge in [0.15, 0.2) is 12.5 Å². The van der Waals surface area contributed by atoms with Crippen LogP contribution in [0.1, 0.15) is 13.8 Å². The van der Waals surface area contributed by atoms with Gasteiger partial charge in [0, 0.05) is 11.6 Å². The van der Waals surface area contributed by atoms with Gasteiger partial charge in [-0.3, -0.25) is 9.91 Å². The third kappa shape index (κ3) is 2.94. The van der Waals surface area contributed by atoms with Crippen molar-refractivity contribution in [1.82, 2.24) is 9.91 Å². The molecule has 0 aliphatic carbocycles. The molecular formula is C15H21Cl2N3O2. The molecule has 5 nitrogen and oxygen atoms in total. The second kappa shape index (κ2) is 6.91. The highest BCUT2D eigenvalue weighted by Gasteiger charge is 2.44. The molecule has 122 valence electrons. The van der Waals surface area contributed by atoms with Crippen LogP contribution in [-0.2, 0) is 9.47 Å². The zero-order valence-corrected chi connectivity index (χ0v) is 14.3. The highest BCUT2D eigenvalue weighted by atomic mass is 35.5. The number of benzene rings is 1. The van der Waals surface area contributed by atoms with E-state index in [-0.39, 0.29) is 12.5 Å². The first-order chi connectivity index (χ1) is 10.7. The lowest BCUT2D eigenvalue weighted by molar-refractivity contribution is -0.0886. The normalized spacial score (nSPS) is 24.5. The predicted molar refractivity (Wildman–Crippen MR) is 88.0 cm³/mol. The lowest BCUT2D eigenvalue weighted by atomic mass is 10.3. The van der Waals surface area contributed by atoms with Crippen molar-refractivity contribution in [3.8, 4) is 0 Å². The van der Waals surface area contributed by atoms with Gasteiger partial charge in [-0.05, 0) is 24.7 Å². The SMILES string of the molecule is CCN1CN(CC)N(c2ccc(Cl)cc2Cl)C1C1OCCO1. The van der Waals surface area contributed by atoms with Crippen molar-refractivity contribution in [2.24, 2.45) is 0 Å². The summed E-state index contributed by atoms with van der Waals surface area (Å²) >= 11 is 12.5. The first-order valence-corrected chi connectivity index (χ1v) is 8.37. The van der Waals surface area contributed by atoms with Gasteiger partial charge >= 0.3 is 0 Å². The first kappa shape index (κ1) is 16.3. The number of nitrogens with zero attached hydrogens (tertiary/aromatic N) is 3. The topological polar surface area (TPSA) is 28.2 Å². The summed E-state index contributed by atoms with van der Waals surface area (Å²) in [5.74, 6) is 0. The van der Waals surface area contributed by atoms with Crippen LogP contribution in [-0.4, -0.2) is 55.3 Å². The number of hydrogen-bond acceptors (Lipinski definition) is 5. The number of hydrogen-bond donors (Lipinski definition) is 0. The Labute approximate surface area is 141 Å². The number of rotatable bonds is 4. The molecule has 2 aliphatic heterocycles. The highest BCUT2D eigenvalue weighted by molar-refractivity contribution is 6.36. The molecule has 1 atom stereocenters. The molecule has 1 aromatic rings. The van der Waals surface area contributed by atoms with Gasteiger partial charge in [0.05, 0.1) is 30.6 Å². The monoisotopic (exact) mass is 345 g/mol. The van der Waals surface area contributed by atoms with Crippen molar-refractivity contribution in [2.75, 3.05) is 38.0 Å². The summed E-state index contributed by atoms with van der Waals surface area (Å²) < 4.78 is 11.6. The van der Waals surface area contributed by atoms with Crippen LogP contribution in [0.2, 0.25) is 10.0 Å². The third-order valence-electron chi connectivity index (χ3n) is 4.09. The number of likely N-dealkylation sites (N-methyl/N-ethyl adjacent to an activating group) is 1. The van der Waals surface area contributed by atoms with Crippen LogP contribution in [0.5, 0.6) is 0 Å². The maximum Gasteiger partial charge on any atom is 0.193 e. The summed E-state index contributed by atoms with van der Waals surface area (Å²) in [6, 6.07) is 5.58. The molecule has 22 heavy (non-hydrogen) atoms. The molecule has 3 rings (SSSR count). The van der Waals surface area contributed by atoms with Crippen molar-refractivity contribution in [3.05, 3.63) is 28.2 Å². The van der Waals surface area contributed by atoms with Gasteiger partial charge in [-0.1, -0.05) is 37.0 Å². The van der Waals surface area contributed by atoms with E-state index in [1.807, 2.05) is 12.1 Å². The van der Waals surface area contributed by atoms with Gasteiger partial charge < -0.3 is 9.47 Å². The van der Waals surface area contributed by atoms with Crippen molar-refractivity contribution < 1.29 is 9.47 Å². The molecule has 2 fully saturated rings. The summed E-state index contributed by atoms with van der Waals surface area (Å²) in [6.45, 7) is 8.14. The fourth-order valence-corrected chi connectivity index (χ4v) is 3.52. The standard InChI is InChI=1S/C15H21Cl2N3O2/c1-3-18-10-19(4-2)20(14(18)15-21-7-8-22-15)13-6-5-11(16)9-12(13)17/h5-6,9,14-15H,3-4,7-8,10H2,1-2H3. The average Bonchev–Trinajstić information content (AvgIpc) is 3.13. The van der Waals surface area contributed by atoms with E-state index in [4.69, 9.17) is 32.7 Å². The van der Waals surface area contributed by atoms with E-state index in [1.165, 1.54) is 0 Å². The zero-order chi connectivity index (χ0) is 15.7. The zero-order valence-electron chi connectivity index (χ0n) is 12.8. The Kier molecular flexibility index (Phi) is 5.12. The second-order valence-electron chi connectivity index (χ2n) is 5.33. The average molecular weight is 346 g/mol. The van der Waals surface area contributed by atoms with E-state index in [2.05, 4.69) is 28.8 Å². The fourth-order valence-electron chi connectivity index (χ4n) is 3.02. The summed E-state index contributed by atoms with van der Waals surface area (Å²) in [5.41, 5.74) is 0.924. The predicted octanol–water partition coefficient (Wildman–Crippen LogP) is 3.03. The minimum absolute atomic E-state index is 0.0221. The Morgan fingerprint density at radius 1 is 1.14 bits per heavy atom. The van der Waals surface area contributed by atoms with Gasteiger partial charge in [0.1, 0.15) is 0 Å². The Hall–Kier alpha value is -0.560. The first-order valence-electron chi connectivity index (χ1n) is 7.62. The molecular weight excluding hydrogens is 325 g/mol. The summed E-state index contributed by atoms with van der Waals surface area (Å²) in [5, 5.41) is 5.69. The summed E-state index contributed by atoms with van der Waals surface area (Å²) in [7, 11) is 0. The van der Waals surface area contributed by atoms with Crippen LogP contribution in [0.3, 0.4) is 0 Å². The van der Waals surface area contributed by atoms with Crippen LogP contribution >= 0.6 is 23.2 Å². The second-order valence-corrected chi connectivity index (χ2v) is 6.18. The van der Waals surface area contributed by atoms with Crippen molar-refractivity contribution in [1.29, 1.82) is 0 Å². The van der Waals surface area contributed by atoms with Crippen molar-refractivity contribution in [2.45, 2.75) is 26.3 Å². The van der Waals surface area contributed by atoms with Crippen molar-refractivity contribution in [3.63, 3.8) is 0 Å². The molecule has 7 heteroatoms. The summed E-state index contributed by atoms with van der Waals surface area (Å²) in [6.07, 6.45) is -0.297. The molecule has 1 aromatic carbocycles. The lowest BCUT2D eigenvalue weighted by Gasteiger charge is -2.36. The molecule has 0 spiro atoms. The molecule has 0 saturated carbocycles. The van der Waals surface area contributed by atoms with E-state index >= 15 is 0 Å². The maximum atomic E-state index is 6.44. The quantitative estimate of drug-likeness (QED) is 0.836. The van der Waals surface area contributed by atoms with Gasteiger partial charge in [-0.2, -0.15) is 0 Å². The smallest absolute Gasteiger partial charge is 0.193 e. The molecule has 2 saturated heterocycles. The van der Waals surface area contributed by atoms with Crippen LogP contribution in [0.4, 0.5) is 5.69 Å². The molecule has 0 bridgehead atoms. The number of halogens is 2. The number of anilines is 1. The minimum atomic E-state index is -0.275. The van der Waals surface area contributed by atoms with Gasteiger partial charge in [-0.25, -0.2) is 5.01 Å². The number of ether oxygens (including phenoxy) is 2. The van der Waals surface area contributed by atoms with E-state index in [1.54, 1.807) is 6.07 Å². The van der Waals surface area contributed by atoms with Crippen LogP contribution in [0.25, 0.3) is 0 Å². The lowest BCUT2D eigenvalue weighted by Crippen LogP contribution is -2.50. The number of hydrazine groups is 1. The Balaban J connectivity index is 1.98. The molecule has 2 heterocycles. The Morgan fingerprint density at radius 3 is 2.45 bits per heavy atom. The molecule has 0 radical (unpaired) electrons. The van der Waals surface area contributed by atoms with Crippen molar-refractivity contribution >= 4 is 28.9 Å². The molecule has 0 N–H and O–H groups in total. The van der Waals surface area contributed by atoms with Crippen LogP contribution in [0, 0.1) is 0 Å². The molecule has 0 amide bonds. The van der Waals surface area contributed by atoms with E-state index in [0.717, 1.165) is 25.4 Å². The Bertz CT molecular complexity index is 526. The minimum Gasteiger partial charge on any atom is -0.347 e. The van der Waals surface area contributed by atoms with E-state index in [9.17, 15) is 0 Å². The van der Waals surface area contributed by atoms with E-state index in [0.29, 0.717) is 23.3 Å². The fraction of sp³-hybridized carbons (Fsp3) is 0.600. The molecule has 0 aromatic heterocycles. The van der Waals surface area contributed by atoms with Gasteiger partial charge in [0.25, 0.3) is 0 Å².